The van der Waals surface area contributed by atoms with E-state index in [0.29, 0.717) is 49.0 Å². The molecule has 0 aliphatic carbocycles. The van der Waals surface area contributed by atoms with E-state index in [9.17, 15) is 14.0 Å². The lowest BCUT2D eigenvalue weighted by Gasteiger charge is -2.34. The number of imidazole rings is 1. The molecule has 38 heavy (non-hydrogen) atoms. The average molecular weight is 518 g/mol. The first-order valence-corrected chi connectivity index (χ1v) is 12.6. The highest BCUT2D eigenvalue weighted by atomic mass is 19.1. The van der Waals surface area contributed by atoms with Gasteiger partial charge in [0.15, 0.2) is 0 Å². The number of H-pyrrole nitrogens is 1. The zero-order valence-corrected chi connectivity index (χ0v) is 21.8. The number of methoxy groups -OCH3 is 1. The molecule has 1 aliphatic rings. The Labute approximate surface area is 221 Å². The smallest absolute Gasteiger partial charge is 0.272 e. The van der Waals surface area contributed by atoms with Crippen molar-refractivity contribution in [2.45, 2.75) is 20.3 Å². The molecule has 0 saturated carbocycles. The van der Waals surface area contributed by atoms with Crippen LogP contribution in [0, 0.1) is 17.1 Å². The van der Waals surface area contributed by atoms with Crippen molar-refractivity contribution in [3.63, 3.8) is 0 Å². The number of rotatable bonds is 8. The normalized spacial score (nSPS) is 14.1. The number of nitrogens with zero attached hydrogens (tertiary/aromatic N) is 3. The number of carbonyl (C=O) groups is 2. The fourth-order valence-electron chi connectivity index (χ4n) is 4.35. The predicted molar refractivity (Wildman–Crippen MR) is 144 cm³/mol. The number of allylic oxidation sites excluding steroid dienone is 2. The molecule has 198 valence electrons. The standard InChI is InChI=1S/C29H32FN5O3/c1-19(2)24(17-25(31)21-7-9-22(30)10-8-21)28-32-18-26(33-28)29(37)35-13-11-34(12-14-35)27(36)16-20-5-4-6-23(15-20)38-3/h4-10,15,17-19,31H,11-14,16H2,1-3H3,(H,32,33)/b24-17-,31-25?. The van der Waals surface area contributed by atoms with Crippen LogP contribution in [0.5, 0.6) is 5.75 Å². The van der Waals surface area contributed by atoms with Gasteiger partial charge in [0.05, 0.1) is 25.4 Å². The number of carbonyl (C=O) groups excluding carboxylic acids is 2. The summed E-state index contributed by atoms with van der Waals surface area (Å²) in [6.07, 6.45) is 3.49. The van der Waals surface area contributed by atoms with Crippen LogP contribution < -0.4 is 4.74 Å². The SMILES string of the molecule is COc1cccc(CC(=O)N2CCN(C(=O)c3cnc(/C(=C\C(=N)c4ccc(F)cc4)C(C)C)[nH]3)CC2)c1. The van der Waals surface area contributed by atoms with E-state index >= 15 is 0 Å². The van der Waals surface area contributed by atoms with Crippen molar-refractivity contribution in [3.8, 4) is 5.75 Å². The number of ether oxygens (including phenoxy) is 1. The molecule has 0 unspecified atom stereocenters. The van der Waals surface area contributed by atoms with Crippen molar-refractivity contribution in [1.29, 1.82) is 5.41 Å². The van der Waals surface area contributed by atoms with E-state index in [-0.39, 0.29) is 35.7 Å². The van der Waals surface area contributed by atoms with E-state index in [1.165, 1.54) is 18.3 Å². The second-order valence-corrected chi connectivity index (χ2v) is 9.52. The lowest BCUT2D eigenvalue weighted by molar-refractivity contribution is -0.131. The Morgan fingerprint density at radius 2 is 1.79 bits per heavy atom. The molecule has 4 rings (SSSR count). The number of aromatic amines is 1. The van der Waals surface area contributed by atoms with Gasteiger partial charge < -0.3 is 24.9 Å². The van der Waals surface area contributed by atoms with Crippen LogP contribution in [0.25, 0.3) is 5.57 Å². The Hall–Kier alpha value is -4.27. The number of hydrogen-bond donors (Lipinski definition) is 2. The van der Waals surface area contributed by atoms with Gasteiger partial charge in [0.2, 0.25) is 5.91 Å². The third-order valence-corrected chi connectivity index (χ3v) is 6.57. The predicted octanol–water partition coefficient (Wildman–Crippen LogP) is 4.19. The molecule has 2 N–H and O–H groups in total. The fourth-order valence-corrected chi connectivity index (χ4v) is 4.35. The maximum absolute atomic E-state index is 13.3. The topological polar surface area (TPSA) is 102 Å². The Morgan fingerprint density at radius 1 is 1.11 bits per heavy atom. The van der Waals surface area contributed by atoms with Crippen molar-refractivity contribution >= 4 is 23.1 Å². The number of aromatic nitrogens is 2. The minimum atomic E-state index is -0.356. The summed E-state index contributed by atoms with van der Waals surface area (Å²) in [5.74, 6) is 0.745. The van der Waals surface area contributed by atoms with Crippen LogP contribution in [-0.4, -0.2) is 70.6 Å². The van der Waals surface area contributed by atoms with Crippen LogP contribution >= 0.6 is 0 Å². The molecule has 1 fully saturated rings. The minimum absolute atomic E-state index is 0.0180. The van der Waals surface area contributed by atoms with E-state index in [1.807, 2.05) is 38.1 Å². The molecule has 2 amide bonds. The molecule has 0 bridgehead atoms. The minimum Gasteiger partial charge on any atom is -0.497 e. The van der Waals surface area contributed by atoms with Crippen LogP contribution in [0.3, 0.4) is 0 Å². The van der Waals surface area contributed by atoms with Crippen LogP contribution in [0.4, 0.5) is 4.39 Å². The van der Waals surface area contributed by atoms with Gasteiger partial charge >= 0.3 is 0 Å². The van der Waals surface area contributed by atoms with E-state index in [4.69, 9.17) is 10.1 Å². The van der Waals surface area contributed by atoms with E-state index in [0.717, 1.165) is 11.1 Å². The highest BCUT2D eigenvalue weighted by Crippen LogP contribution is 2.22. The number of hydrogen-bond acceptors (Lipinski definition) is 5. The van der Waals surface area contributed by atoms with Gasteiger partial charge in [0.1, 0.15) is 23.1 Å². The number of nitrogens with one attached hydrogen (secondary N) is 2. The van der Waals surface area contributed by atoms with Crippen molar-refractivity contribution < 1.29 is 18.7 Å². The largest absolute Gasteiger partial charge is 0.497 e. The number of benzene rings is 2. The highest BCUT2D eigenvalue weighted by Gasteiger charge is 2.26. The Kier molecular flexibility index (Phi) is 8.35. The second-order valence-electron chi connectivity index (χ2n) is 9.52. The molecule has 0 radical (unpaired) electrons. The van der Waals surface area contributed by atoms with Gasteiger partial charge in [-0.1, -0.05) is 26.0 Å². The summed E-state index contributed by atoms with van der Waals surface area (Å²) >= 11 is 0. The van der Waals surface area contributed by atoms with Gasteiger partial charge in [-0.05, 0) is 65.1 Å². The maximum Gasteiger partial charge on any atom is 0.272 e. The van der Waals surface area contributed by atoms with Crippen LogP contribution in [0.2, 0.25) is 0 Å². The number of amides is 2. The zero-order chi connectivity index (χ0) is 27.2. The summed E-state index contributed by atoms with van der Waals surface area (Å²) in [5.41, 5.74) is 2.83. The highest BCUT2D eigenvalue weighted by molar-refractivity contribution is 6.10. The Balaban J connectivity index is 1.38. The van der Waals surface area contributed by atoms with Gasteiger partial charge in [-0.15, -0.1) is 0 Å². The molecule has 3 aromatic rings. The number of halogens is 1. The van der Waals surface area contributed by atoms with Crippen molar-refractivity contribution in [2.75, 3.05) is 33.3 Å². The van der Waals surface area contributed by atoms with Gasteiger partial charge in [-0.25, -0.2) is 9.37 Å². The lowest BCUT2D eigenvalue weighted by atomic mass is 9.98. The third-order valence-electron chi connectivity index (χ3n) is 6.57. The monoisotopic (exact) mass is 517 g/mol. The van der Waals surface area contributed by atoms with Gasteiger partial charge in [0, 0.05) is 26.2 Å². The van der Waals surface area contributed by atoms with Gasteiger partial charge in [-0.3, -0.25) is 9.59 Å². The molecule has 8 nitrogen and oxygen atoms in total. The van der Waals surface area contributed by atoms with Crippen LogP contribution in [-0.2, 0) is 11.2 Å². The summed E-state index contributed by atoms with van der Waals surface area (Å²) in [4.78, 5) is 37.0. The Morgan fingerprint density at radius 3 is 2.45 bits per heavy atom. The van der Waals surface area contributed by atoms with E-state index < -0.39 is 0 Å². The van der Waals surface area contributed by atoms with Crippen molar-refractivity contribution in [2.24, 2.45) is 5.92 Å². The second kappa shape index (κ2) is 11.9. The number of piperazine rings is 1. The summed E-state index contributed by atoms with van der Waals surface area (Å²) in [6, 6.07) is 13.2. The molecule has 1 aromatic heterocycles. The first kappa shape index (κ1) is 26.8. The molecule has 1 saturated heterocycles. The maximum atomic E-state index is 13.3. The quantitative estimate of drug-likeness (QED) is 0.438. The lowest BCUT2D eigenvalue weighted by Crippen LogP contribution is -2.51. The fraction of sp³-hybridized carbons (Fsp3) is 0.310. The summed E-state index contributed by atoms with van der Waals surface area (Å²) in [5, 5.41) is 8.42. The molecular formula is C29H32FN5O3. The van der Waals surface area contributed by atoms with Crippen LogP contribution in [0.1, 0.15) is 41.3 Å². The average Bonchev–Trinajstić information content (AvgIpc) is 3.41. The summed E-state index contributed by atoms with van der Waals surface area (Å²) < 4.78 is 18.5. The summed E-state index contributed by atoms with van der Waals surface area (Å²) in [7, 11) is 1.60. The van der Waals surface area contributed by atoms with Crippen molar-refractivity contribution in [1.82, 2.24) is 19.8 Å². The third kappa shape index (κ3) is 6.34. The van der Waals surface area contributed by atoms with E-state index in [2.05, 4.69) is 9.97 Å². The molecule has 2 aromatic carbocycles. The van der Waals surface area contributed by atoms with Gasteiger partial charge in [-0.2, -0.15) is 0 Å². The van der Waals surface area contributed by atoms with Crippen LogP contribution in [0.15, 0.2) is 60.8 Å². The first-order chi connectivity index (χ1) is 18.2. The molecule has 0 spiro atoms. The zero-order valence-electron chi connectivity index (χ0n) is 21.8. The molecule has 1 aliphatic heterocycles. The van der Waals surface area contributed by atoms with E-state index in [1.54, 1.807) is 35.1 Å². The molecule has 9 heteroatoms. The van der Waals surface area contributed by atoms with Gasteiger partial charge in [0.25, 0.3) is 5.91 Å². The molecule has 2 heterocycles. The summed E-state index contributed by atoms with van der Waals surface area (Å²) in [6.45, 7) is 5.74. The molecular weight excluding hydrogens is 485 g/mol. The molecule has 0 atom stereocenters. The first-order valence-electron chi connectivity index (χ1n) is 12.6. The van der Waals surface area contributed by atoms with Crippen molar-refractivity contribution in [3.05, 3.63) is 89.3 Å². The Bertz CT molecular complexity index is 1340.